The molecule has 2 N–H and O–H groups in total. The van der Waals surface area contributed by atoms with E-state index < -0.39 is 42.0 Å². The number of carbonyl (C=O) groups excluding carboxylic acids is 3. The number of carbonyl (C=O) groups is 3. The Balaban J connectivity index is 1.76. The zero-order chi connectivity index (χ0) is 28.6. The second-order valence-corrected chi connectivity index (χ2v) is 10.6. The van der Waals surface area contributed by atoms with Crippen LogP contribution in [0.2, 0.25) is 0 Å². The predicted octanol–water partition coefficient (Wildman–Crippen LogP) is 3.24. The summed E-state index contributed by atoms with van der Waals surface area (Å²) in [7, 11) is 1.59. The molecule has 1 saturated heterocycles. The molecular formula is C31H39N3O6. The van der Waals surface area contributed by atoms with Crippen LogP contribution in [-0.4, -0.2) is 72.8 Å². The lowest BCUT2D eigenvalue weighted by Crippen LogP contribution is -2.54. The van der Waals surface area contributed by atoms with Crippen LogP contribution in [0.5, 0.6) is 5.75 Å². The smallest absolute Gasteiger partial charge is 0.328 e. The average molecular weight is 550 g/mol. The fourth-order valence-corrected chi connectivity index (χ4v) is 5.38. The number of nitrogens with one attached hydrogen (secondary N) is 1. The molecular weight excluding hydrogens is 510 g/mol. The van der Waals surface area contributed by atoms with E-state index in [9.17, 15) is 19.5 Å². The molecule has 9 heteroatoms. The Kier molecular flexibility index (Phi) is 9.82. The van der Waals surface area contributed by atoms with Gasteiger partial charge in [0.1, 0.15) is 24.4 Å². The van der Waals surface area contributed by atoms with E-state index in [-0.39, 0.29) is 12.5 Å². The van der Waals surface area contributed by atoms with E-state index in [2.05, 4.69) is 5.32 Å². The average Bonchev–Trinajstić information content (AvgIpc) is 3.45. The van der Waals surface area contributed by atoms with Crippen molar-refractivity contribution in [1.29, 1.82) is 0 Å². The first-order valence-corrected chi connectivity index (χ1v) is 13.9. The minimum Gasteiger partial charge on any atom is -0.497 e. The van der Waals surface area contributed by atoms with Crippen LogP contribution in [0.25, 0.3) is 0 Å². The molecule has 0 radical (unpaired) electrons. The van der Waals surface area contributed by atoms with Gasteiger partial charge in [0.25, 0.3) is 5.91 Å². The van der Waals surface area contributed by atoms with Crippen LogP contribution < -0.4 is 15.0 Å². The fourth-order valence-electron chi connectivity index (χ4n) is 5.38. The highest BCUT2D eigenvalue weighted by atomic mass is 16.5. The van der Waals surface area contributed by atoms with Gasteiger partial charge in [-0.25, -0.2) is 4.79 Å². The van der Waals surface area contributed by atoms with Crippen molar-refractivity contribution in [3.05, 3.63) is 72.3 Å². The standard InChI is InChI=1S/C31H39N3O6/c1-21(2)20-25-31(38)40-19-8-7-17-33(23-13-15-24(39-3)16-14-23)27(22-10-5-4-6-11-22)28(35)30(37)34-18-9-12-26(34)29(36)32-25/h4-8,10-11,13-16,21,25-28,35H,9,12,17-20H2,1-3H3,(H,32,36)/b8-7+/t25-,26+,27-,28-/m1/s1. The van der Waals surface area contributed by atoms with Crippen LogP contribution in [0.3, 0.4) is 0 Å². The largest absolute Gasteiger partial charge is 0.497 e. The molecule has 214 valence electrons. The van der Waals surface area contributed by atoms with E-state index in [0.29, 0.717) is 38.1 Å². The second kappa shape index (κ2) is 13.5. The molecule has 4 rings (SSSR count). The summed E-state index contributed by atoms with van der Waals surface area (Å²) >= 11 is 0. The molecule has 0 unspecified atom stereocenters. The van der Waals surface area contributed by atoms with Gasteiger partial charge in [0, 0.05) is 18.8 Å². The van der Waals surface area contributed by atoms with Gasteiger partial charge in [0.05, 0.1) is 13.2 Å². The Morgan fingerprint density at radius 1 is 1.02 bits per heavy atom. The van der Waals surface area contributed by atoms with E-state index in [0.717, 1.165) is 11.3 Å². The summed E-state index contributed by atoms with van der Waals surface area (Å²) in [6.07, 6.45) is 3.61. The van der Waals surface area contributed by atoms with Gasteiger partial charge in [-0.15, -0.1) is 0 Å². The summed E-state index contributed by atoms with van der Waals surface area (Å²) < 4.78 is 10.8. The van der Waals surface area contributed by atoms with E-state index in [1.54, 1.807) is 13.2 Å². The van der Waals surface area contributed by atoms with Crippen molar-refractivity contribution < 1.29 is 29.0 Å². The highest BCUT2D eigenvalue weighted by Crippen LogP contribution is 2.33. The number of aliphatic hydroxyl groups is 1. The van der Waals surface area contributed by atoms with Crippen LogP contribution in [0.15, 0.2) is 66.7 Å². The van der Waals surface area contributed by atoms with E-state index >= 15 is 0 Å². The number of amides is 2. The number of cyclic esters (lactones) is 1. The predicted molar refractivity (Wildman–Crippen MR) is 152 cm³/mol. The van der Waals surface area contributed by atoms with Crippen molar-refractivity contribution in [1.82, 2.24) is 10.2 Å². The number of fused-ring (bicyclic) bond motifs is 1. The van der Waals surface area contributed by atoms with Crippen molar-refractivity contribution in [2.75, 3.05) is 31.7 Å². The maximum atomic E-state index is 13.9. The highest BCUT2D eigenvalue weighted by molar-refractivity contribution is 5.92. The molecule has 2 amide bonds. The molecule has 0 aromatic heterocycles. The van der Waals surface area contributed by atoms with E-state index in [1.165, 1.54) is 4.90 Å². The Hall–Kier alpha value is -3.85. The summed E-state index contributed by atoms with van der Waals surface area (Å²) in [5, 5.41) is 14.6. The van der Waals surface area contributed by atoms with Crippen LogP contribution in [0.4, 0.5) is 5.69 Å². The number of ether oxygens (including phenoxy) is 2. The van der Waals surface area contributed by atoms with Gasteiger partial charge in [-0.3, -0.25) is 9.59 Å². The quantitative estimate of drug-likeness (QED) is 0.436. The molecule has 0 saturated carbocycles. The van der Waals surface area contributed by atoms with Gasteiger partial charge in [-0.1, -0.05) is 50.3 Å². The maximum Gasteiger partial charge on any atom is 0.328 e. The number of anilines is 1. The van der Waals surface area contributed by atoms with Gasteiger partial charge < -0.3 is 29.7 Å². The Morgan fingerprint density at radius 3 is 2.42 bits per heavy atom. The number of hydrogen-bond acceptors (Lipinski definition) is 7. The van der Waals surface area contributed by atoms with E-state index in [4.69, 9.17) is 9.47 Å². The maximum absolute atomic E-state index is 13.9. The first-order chi connectivity index (χ1) is 19.3. The van der Waals surface area contributed by atoms with Gasteiger partial charge in [-0.05, 0) is 61.1 Å². The molecule has 0 bridgehead atoms. The second-order valence-electron chi connectivity index (χ2n) is 10.6. The summed E-state index contributed by atoms with van der Waals surface area (Å²) in [6, 6.07) is 14.4. The van der Waals surface area contributed by atoms with Crippen molar-refractivity contribution in [3.63, 3.8) is 0 Å². The molecule has 2 heterocycles. The van der Waals surface area contributed by atoms with Crippen LogP contribution >= 0.6 is 0 Å². The molecule has 40 heavy (non-hydrogen) atoms. The first-order valence-electron chi connectivity index (χ1n) is 13.9. The van der Waals surface area contributed by atoms with Gasteiger partial charge in [0.2, 0.25) is 5.91 Å². The van der Waals surface area contributed by atoms with Crippen molar-refractivity contribution in [3.8, 4) is 5.75 Å². The summed E-state index contributed by atoms with van der Waals surface area (Å²) in [4.78, 5) is 43.6. The molecule has 1 fully saturated rings. The summed E-state index contributed by atoms with van der Waals surface area (Å²) in [5.74, 6) is -0.615. The highest BCUT2D eigenvalue weighted by Gasteiger charge is 2.42. The SMILES string of the molecule is COc1ccc(N2C/C=C/COC(=O)[C@@H](CC(C)C)NC(=O)[C@@H]3CCCN3C(=O)[C@H](O)[C@H]2c2ccccc2)cc1. The third kappa shape index (κ3) is 6.83. The van der Waals surface area contributed by atoms with Crippen LogP contribution in [0.1, 0.15) is 44.7 Å². The number of esters is 1. The normalized spacial score (nSPS) is 25.5. The topological polar surface area (TPSA) is 108 Å². The molecule has 2 aromatic carbocycles. The Labute approximate surface area is 235 Å². The third-order valence-electron chi connectivity index (χ3n) is 7.37. The number of aliphatic hydroxyl groups excluding tert-OH is 1. The van der Waals surface area contributed by atoms with Crippen LogP contribution in [-0.2, 0) is 19.1 Å². The molecule has 4 atom stereocenters. The van der Waals surface area contributed by atoms with Crippen molar-refractivity contribution in [2.45, 2.75) is 57.3 Å². The van der Waals surface area contributed by atoms with Crippen molar-refractivity contribution >= 4 is 23.5 Å². The molecule has 0 spiro atoms. The lowest BCUT2D eigenvalue weighted by Gasteiger charge is -2.38. The minimum atomic E-state index is -1.46. The Bertz CT molecular complexity index is 1180. The van der Waals surface area contributed by atoms with Gasteiger partial charge >= 0.3 is 5.97 Å². The number of rotatable bonds is 5. The molecule has 2 aromatic rings. The molecule has 2 aliphatic rings. The van der Waals surface area contributed by atoms with E-state index in [1.807, 2.05) is 79.4 Å². The number of nitrogens with zero attached hydrogens (tertiary/aromatic N) is 2. The monoisotopic (exact) mass is 549 g/mol. The molecule has 9 nitrogen and oxygen atoms in total. The molecule has 2 aliphatic heterocycles. The zero-order valence-electron chi connectivity index (χ0n) is 23.4. The summed E-state index contributed by atoms with van der Waals surface area (Å²) in [6.45, 7) is 4.63. The fraction of sp³-hybridized carbons (Fsp3) is 0.452. The van der Waals surface area contributed by atoms with Crippen LogP contribution in [0, 0.1) is 5.92 Å². The zero-order valence-corrected chi connectivity index (χ0v) is 23.4. The first kappa shape index (κ1) is 29.1. The third-order valence-corrected chi connectivity index (χ3v) is 7.37. The lowest BCUT2D eigenvalue weighted by molar-refractivity contribution is -0.149. The number of methoxy groups -OCH3 is 1. The molecule has 0 aliphatic carbocycles. The van der Waals surface area contributed by atoms with Gasteiger partial charge in [-0.2, -0.15) is 0 Å². The number of benzene rings is 2. The van der Waals surface area contributed by atoms with Gasteiger partial charge in [0.15, 0.2) is 6.10 Å². The minimum absolute atomic E-state index is 0.0345. The lowest BCUT2D eigenvalue weighted by atomic mass is 9.97. The van der Waals surface area contributed by atoms with Crippen molar-refractivity contribution in [2.24, 2.45) is 5.92 Å². The summed E-state index contributed by atoms with van der Waals surface area (Å²) in [5.41, 5.74) is 1.51. The number of hydrogen-bond donors (Lipinski definition) is 2. The Morgan fingerprint density at radius 2 is 1.75 bits per heavy atom.